The van der Waals surface area contributed by atoms with Crippen molar-refractivity contribution in [2.24, 2.45) is 0 Å². The Labute approximate surface area is 179 Å². The molecule has 2 aromatic carbocycles. The highest BCUT2D eigenvalue weighted by atomic mass is 35.5. The van der Waals surface area contributed by atoms with E-state index in [-0.39, 0.29) is 36.1 Å². The van der Waals surface area contributed by atoms with Gasteiger partial charge in [0.05, 0.1) is 11.1 Å². The number of amides is 1. The fraction of sp³-hybridized carbons (Fsp3) is 0.333. The Morgan fingerprint density at radius 3 is 2.34 bits per heavy atom. The number of halogens is 3. The molecular formula is C21H24ClF2N3OS. The topological polar surface area (TPSA) is 36.4 Å². The molecule has 0 aliphatic rings. The first kappa shape index (κ1) is 23.2. The van der Waals surface area contributed by atoms with Crippen molar-refractivity contribution in [2.75, 3.05) is 31.1 Å². The van der Waals surface area contributed by atoms with E-state index in [0.717, 1.165) is 18.7 Å². The Bertz CT molecular complexity index is 945. The molecule has 156 valence electrons. The van der Waals surface area contributed by atoms with Gasteiger partial charge in [0.15, 0.2) is 5.13 Å². The molecule has 4 nitrogen and oxygen atoms in total. The van der Waals surface area contributed by atoms with E-state index < -0.39 is 5.82 Å². The number of para-hydroxylation sites is 1. The molecule has 0 saturated carbocycles. The van der Waals surface area contributed by atoms with Gasteiger partial charge in [0.1, 0.15) is 17.2 Å². The fourth-order valence-electron chi connectivity index (χ4n) is 3.00. The zero-order valence-corrected chi connectivity index (χ0v) is 18.0. The Balaban J connectivity index is 0.00000300. The van der Waals surface area contributed by atoms with Gasteiger partial charge < -0.3 is 4.90 Å². The molecule has 8 heteroatoms. The van der Waals surface area contributed by atoms with Gasteiger partial charge in [-0.2, -0.15) is 0 Å². The van der Waals surface area contributed by atoms with E-state index in [4.69, 9.17) is 0 Å². The summed E-state index contributed by atoms with van der Waals surface area (Å²) in [5.41, 5.74) is 1.01. The molecule has 0 aliphatic heterocycles. The summed E-state index contributed by atoms with van der Waals surface area (Å²) in [4.78, 5) is 21.3. The zero-order chi connectivity index (χ0) is 20.1. The molecule has 0 radical (unpaired) electrons. The average Bonchev–Trinajstić information content (AvgIpc) is 3.12. The van der Waals surface area contributed by atoms with Crippen LogP contribution < -0.4 is 4.90 Å². The number of anilines is 1. The minimum atomic E-state index is -0.394. The van der Waals surface area contributed by atoms with Gasteiger partial charge in [0.25, 0.3) is 0 Å². The van der Waals surface area contributed by atoms with Crippen molar-refractivity contribution in [2.45, 2.75) is 20.3 Å². The van der Waals surface area contributed by atoms with Crippen molar-refractivity contribution in [3.05, 3.63) is 59.7 Å². The molecule has 3 aromatic rings. The highest BCUT2D eigenvalue weighted by molar-refractivity contribution is 7.22. The average molecular weight is 440 g/mol. The van der Waals surface area contributed by atoms with Gasteiger partial charge in [-0.1, -0.05) is 43.4 Å². The van der Waals surface area contributed by atoms with Crippen molar-refractivity contribution >= 4 is 45.0 Å². The molecule has 0 saturated heterocycles. The van der Waals surface area contributed by atoms with Crippen LogP contribution >= 0.6 is 23.7 Å². The lowest BCUT2D eigenvalue weighted by Gasteiger charge is -2.24. The van der Waals surface area contributed by atoms with E-state index in [1.54, 1.807) is 29.2 Å². The van der Waals surface area contributed by atoms with Crippen LogP contribution in [-0.2, 0) is 11.2 Å². The summed E-state index contributed by atoms with van der Waals surface area (Å²) in [6, 6.07) is 10.7. The summed E-state index contributed by atoms with van der Waals surface area (Å²) in [5.74, 6) is -0.871. The summed E-state index contributed by atoms with van der Waals surface area (Å²) in [7, 11) is 0. The van der Waals surface area contributed by atoms with Gasteiger partial charge in [0.2, 0.25) is 5.91 Å². The minimum absolute atomic E-state index is 0. The fourth-order valence-corrected chi connectivity index (χ4v) is 4.02. The molecule has 0 N–H and O–H groups in total. The maximum atomic E-state index is 14.1. The van der Waals surface area contributed by atoms with Crippen LogP contribution in [0.25, 0.3) is 10.2 Å². The molecule has 29 heavy (non-hydrogen) atoms. The number of thiazole rings is 1. The van der Waals surface area contributed by atoms with Crippen LogP contribution in [0.5, 0.6) is 0 Å². The standard InChI is InChI=1S/C21H23F2N3OS.ClH/c1-3-25(4-2)12-13-26(19(27)14-15-8-10-16(22)11-9-15)21-24-20-17(23)6-5-7-18(20)28-21;/h5-11H,3-4,12-14H2,1-2H3;1H. The Kier molecular flexibility index (Phi) is 8.49. The van der Waals surface area contributed by atoms with Crippen LogP contribution in [0, 0.1) is 11.6 Å². The Hall–Kier alpha value is -2.09. The zero-order valence-electron chi connectivity index (χ0n) is 16.4. The Morgan fingerprint density at radius 2 is 1.72 bits per heavy atom. The number of hydrogen-bond acceptors (Lipinski definition) is 4. The number of benzene rings is 2. The highest BCUT2D eigenvalue weighted by Gasteiger charge is 2.21. The van der Waals surface area contributed by atoms with Crippen molar-refractivity contribution < 1.29 is 13.6 Å². The number of hydrogen-bond donors (Lipinski definition) is 0. The van der Waals surface area contributed by atoms with Crippen molar-refractivity contribution in [1.29, 1.82) is 0 Å². The van der Waals surface area contributed by atoms with E-state index in [2.05, 4.69) is 23.7 Å². The van der Waals surface area contributed by atoms with E-state index >= 15 is 0 Å². The number of aromatic nitrogens is 1. The predicted molar refractivity (Wildman–Crippen MR) is 117 cm³/mol. The highest BCUT2D eigenvalue weighted by Crippen LogP contribution is 2.30. The largest absolute Gasteiger partial charge is 0.302 e. The number of rotatable bonds is 8. The van der Waals surface area contributed by atoms with Crippen LogP contribution in [0.4, 0.5) is 13.9 Å². The second-order valence-corrected chi connectivity index (χ2v) is 7.47. The number of fused-ring (bicyclic) bond motifs is 1. The second-order valence-electron chi connectivity index (χ2n) is 6.46. The third-order valence-electron chi connectivity index (χ3n) is 4.69. The minimum Gasteiger partial charge on any atom is -0.302 e. The van der Waals surface area contributed by atoms with Crippen molar-refractivity contribution in [3.8, 4) is 0 Å². The van der Waals surface area contributed by atoms with Gasteiger partial charge in [-0.3, -0.25) is 9.69 Å². The van der Waals surface area contributed by atoms with Gasteiger partial charge in [-0.05, 0) is 42.9 Å². The molecule has 0 unspecified atom stereocenters. The van der Waals surface area contributed by atoms with Crippen molar-refractivity contribution in [1.82, 2.24) is 9.88 Å². The number of carbonyl (C=O) groups is 1. The summed E-state index contributed by atoms with van der Waals surface area (Å²) < 4.78 is 27.9. The first-order valence-corrected chi connectivity index (χ1v) is 10.2. The maximum absolute atomic E-state index is 14.1. The normalized spacial score (nSPS) is 10.9. The first-order chi connectivity index (χ1) is 13.5. The van der Waals surface area contributed by atoms with E-state index in [0.29, 0.717) is 22.9 Å². The van der Waals surface area contributed by atoms with Crippen LogP contribution in [0.1, 0.15) is 19.4 Å². The van der Waals surface area contributed by atoms with E-state index in [1.165, 1.54) is 29.5 Å². The molecule has 1 amide bonds. The lowest BCUT2D eigenvalue weighted by Crippen LogP contribution is -2.39. The lowest BCUT2D eigenvalue weighted by molar-refractivity contribution is -0.118. The van der Waals surface area contributed by atoms with Gasteiger partial charge in [-0.15, -0.1) is 12.4 Å². The number of likely N-dealkylation sites (N-methyl/N-ethyl adjacent to an activating group) is 1. The smallest absolute Gasteiger partial charge is 0.233 e. The van der Waals surface area contributed by atoms with Crippen LogP contribution in [-0.4, -0.2) is 42.0 Å². The monoisotopic (exact) mass is 439 g/mol. The number of carbonyl (C=O) groups excluding carboxylic acids is 1. The van der Waals surface area contributed by atoms with E-state index in [1.807, 2.05) is 0 Å². The second kappa shape index (κ2) is 10.6. The first-order valence-electron chi connectivity index (χ1n) is 9.34. The SMILES string of the molecule is CCN(CC)CCN(C(=O)Cc1ccc(F)cc1)c1nc2c(F)cccc2s1.Cl. The van der Waals surface area contributed by atoms with Gasteiger partial charge >= 0.3 is 0 Å². The molecule has 0 aliphatic carbocycles. The van der Waals surface area contributed by atoms with Crippen LogP contribution in [0.15, 0.2) is 42.5 Å². The summed E-state index contributed by atoms with van der Waals surface area (Å²) in [6.07, 6.45) is 0.136. The summed E-state index contributed by atoms with van der Waals surface area (Å²) in [6.45, 7) is 7.06. The third-order valence-corrected chi connectivity index (χ3v) is 5.74. The predicted octanol–water partition coefficient (Wildman–Crippen LogP) is 4.91. The van der Waals surface area contributed by atoms with Gasteiger partial charge in [-0.25, -0.2) is 13.8 Å². The van der Waals surface area contributed by atoms with Gasteiger partial charge in [0, 0.05) is 13.1 Å². The van der Waals surface area contributed by atoms with Crippen LogP contribution in [0.2, 0.25) is 0 Å². The molecule has 3 rings (SSSR count). The summed E-state index contributed by atoms with van der Waals surface area (Å²) in [5, 5.41) is 0.486. The molecule has 1 heterocycles. The molecule has 0 fully saturated rings. The Morgan fingerprint density at radius 1 is 1.03 bits per heavy atom. The van der Waals surface area contributed by atoms with E-state index in [9.17, 15) is 13.6 Å². The molecule has 0 spiro atoms. The summed E-state index contributed by atoms with van der Waals surface area (Å²) >= 11 is 1.30. The number of nitrogens with zero attached hydrogens (tertiary/aromatic N) is 3. The van der Waals surface area contributed by atoms with Crippen LogP contribution in [0.3, 0.4) is 0 Å². The van der Waals surface area contributed by atoms with Crippen molar-refractivity contribution in [3.63, 3.8) is 0 Å². The molecular weight excluding hydrogens is 416 g/mol. The quantitative estimate of drug-likeness (QED) is 0.500. The molecule has 0 atom stereocenters. The lowest BCUT2D eigenvalue weighted by atomic mass is 10.1. The maximum Gasteiger partial charge on any atom is 0.233 e. The third kappa shape index (κ3) is 5.72. The molecule has 1 aromatic heterocycles. The molecule has 0 bridgehead atoms.